The van der Waals surface area contributed by atoms with Crippen LogP contribution in [0.1, 0.15) is 16.6 Å². The lowest BCUT2D eigenvalue weighted by molar-refractivity contribution is 0.0960. The van der Waals surface area contributed by atoms with Crippen LogP contribution in [0.3, 0.4) is 0 Å². The number of thiophene rings is 1. The average molecular weight is 271 g/mol. The van der Waals surface area contributed by atoms with Gasteiger partial charge in [-0.2, -0.15) is 0 Å². The van der Waals surface area contributed by atoms with Crippen molar-refractivity contribution in [1.29, 1.82) is 0 Å². The number of nitrogens with one attached hydrogen (secondary N) is 1. The van der Waals surface area contributed by atoms with Gasteiger partial charge in [-0.15, -0.1) is 11.3 Å². The Kier molecular flexibility index (Phi) is 2.83. The number of para-hydroxylation sites is 1. The van der Waals surface area contributed by atoms with Gasteiger partial charge < -0.3 is 11.1 Å². The summed E-state index contributed by atoms with van der Waals surface area (Å²) in [5.41, 5.74) is 7.50. The van der Waals surface area contributed by atoms with Crippen molar-refractivity contribution >= 4 is 43.9 Å². The first-order chi connectivity index (χ1) is 9.22. The molecule has 0 bridgehead atoms. The molecule has 0 aliphatic rings. The van der Waals surface area contributed by atoms with E-state index in [-0.39, 0.29) is 5.91 Å². The molecule has 2 aromatic heterocycles. The Labute approximate surface area is 114 Å². The van der Waals surface area contributed by atoms with Gasteiger partial charge in [0.15, 0.2) is 0 Å². The molecule has 0 radical (unpaired) electrons. The van der Waals surface area contributed by atoms with Crippen molar-refractivity contribution in [2.24, 2.45) is 0 Å². The first-order valence-corrected chi connectivity index (χ1v) is 6.88. The predicted octanol–water partition coefficient (Wildman–Crippen LogP) is 2.78. The summed E-state index contributed by atoms with van der Waals surface area (Å²) in [6.45, 7) is 2.48. The van der Waals surface area contributed by atoms with Crippen LogP contribution in [-0.4, -0.2) is 17.4 Å². The molecule has 96 valence electrons. The number of pyridine rings is 1. The second-order valence-corrected chi connectivity index (χ2v) is 5.24. The van der Waals surface area contributed by atoms with Gasteiger partial charge in [0.2, 0.25) is 0 Å². The summed E-state index contributed by atoms with van der Waals surface area (Å²) in [5, 5.41) is 4.67. The minimum atomic E-state index is -0.120. The van der Waals surface area contributed by atoms with Crippen LogP contribution in [0.2, 0.25) is 0 Å². The monoisotopic (exact) mass is 271 g/mol. The maximum atomic E-state index is 12.0. The summed E-state index contributed by atoms with van der Waals surface area (Å²) in [4.78, 5) is 16.9. The molecule has 0 saturated carbocycles. The van der Waals surface area contributed by atoms with E-state index >= 15 is 0 Å². The highest BCUT2D eigenvalue weighted by Crippen LogP contribution is 2.37. The normalized spacial score (nSPS) is 11.0. The first-order valence-electron chi connectivity index (χ1n) is 6.06. The number of anilines is 1. The van der Waals surface area contributed by atoms with Gasteiger partial charge in [-0.05, 0) is 13.0 Å². The van der Waals surface area contributed by atoms with Crippen molar-refractivity contribution in [3.05, 3.63) is 35.3 Å². The number of hydrogen-bond donors (Lipinski definition) is 2. The topological polar surface area (TPSA) is 68.0 Å². The molecule has 3 rings (SSSR count). The van der Waals surface area contributed by atoms with Crippen LogP contribution in [0.15, 0.2) is 30.5 Å². The van der Waals surface area contributed by atoms with E-state index in [1.54, 1.807) is 6.20 Å². The van der Waals surface area contributed by atoms with Gasteiger partial charge in [-0.3, -0.25) is 9.78 Å². The number of carbonyl (C=O) groups excluding carboxylic acids is 1. The molecule has 4 nitrogen and oxygen atoms in total. The maximum absolute atomic E-state index is 12.0. The second kappa shape index (κ2) is 4.51. The molecule has 0 aliphatic carbocycles. The maximum Gasteiger partial charge on any atom is 0.263 e. The van der Waals surface area contributed by atoms with E-state index in [4.69, 9.17) is 5.73 Å². The third-order valence-corrected chi connectivity index (χ3v) is 4.26. The average Bonchev–Trinajstić information content (AvgIpc) is 2.77. The predicted molar refractivity (Wildman–Crippen MR) is 79.5 cm³/mol. The number of amides is 1. The Morgan fingerprint density at radius 2 is 2.16 bits per heavy atom. The second-order valence-electron chi connectivity index (χ2n) is 4.22. The van der Waals surface area contributed by atoms with E-state index in [2.05, 4.69) is 10.3 Å². The minimum absolute atomic E-state index is 0.120. The number of fused-ring (bicyclic) bond motifs is 3. The number of nitrogens with two attached hydrogens (primary N) is 1. The number of hydrogen-bond acceptors (Lipinski definition) is 4. The van der Waals surface area contributed by atoms with Crippen LogP contribution in [0.25, 0.3) is 21.0 Å². The molecule has 0 unspecified atom stereocenters. The summed E-state index contributed by atoms with van der Waals surface area (Å²) in [6, 6.07) is 7.87. The highest BCUT2D eigenvalue weighted by atomic mass is 32.1. The zero-order valence-corrected chi connectivity index (χ0v) is 11.3. The zero-order valence-electron chi connectivity index (χ0n) is 10.4. The van der Waals surface area contributed by atoms with Crippen LogP contribution in [0.4, 0.5) is 5.69 Å². The Morgan fingerprint density at radius 1 is 1.37 bits per heavy atom. The van der Waals surface area contributed by atoms with Crippen molar-refractivity contribution in [1.82, 2.24) is 10.3 Å². The van der Waals surface area contributed by atoms with Gasteiger partial charge in [-0.1, -0.05) is 18.2 Å². The van der Waals surface area contributed by atoms with Gasteiger partial charge in [0.05, 0.1) is 11.2 Å². The van der Waals surface area contributed by atoms with Crippen molar-refractivity contribution < 1.29 is 4.79 Å². The van der Waals surface area contributed by atoms with Crippen LogP contribution >= 0.6 is 11.3 Å². The first kappa shape index (κ1) is 11.9. The lowest BCUT2D eigenvalue weighted by atomic mass is 10.1. The van der Waals surface area contributed by atoms with Crippen molar-refractivity contribution in [2.45, 2.75) is 6.92 Å². The van der Waals surface area contributed by atoms with E-state index in [0.717, 1.165) is 21.0 Å². The molecule has 2 heterocycles. The van der Waals surface area contributed by atoms with Gasteiger partial charge in [0.25, 0.3) is 5.91 Å². The SMILES string of the molecule is CCNC(=O)c1sc2c(cnc3ccccc32)c1N. The van der Waals surface area contributed by atoms with Crippen LogP contribution < -0.4 is 11.1 Å². The third-order valence-electron chi connectivity index (χ3n) is 3.01. The van der Waals surface area contributed by atoms with Gasteiger partial charge in [0, 0.05) is 28.2 Å². The fourth-order valence-corrected chi connectivity index (χ4v) is 3.25. The molecule has 19 heavy (non-hydrogen) atoms. The number of nitrogens with zero attached hydrogens (tertiary/aromatic N) is 1. The molecule has 0 fully saturated rings. The van der Waals surface area contributed by atoms with E-state index in [0.29, 0.717) is 17.1 Å². The molecule has 1 amide bonds. The van der Waals surface area contributed by atoms with E-state index < -0.39 is 0 Å². The van der Waals surface area contributed by atoms with Crippen molar-refractivity contribution in [3.63, 3.8) is 0 Å². The molecule has 3 N–H and O–H groups in total. The Balaban J connectivity index is 2.30. The zero-order chi connectivity index (χ0) is 13.4. The third kappa shape index (κ3) is 1.82. The van der Waals surface area contributed by atoms with Gasteiger partial charge in [0.1, 0.15) is 4.88 Å². The summed E-state index contributed by atoms with van der Waals surface area (Å²) in [7, 11) is 0. The van der Waals surface area contributed by atoms with E-state index in [9.17, 15) is 4.79 Å². The van der Waals surface area contributed by atoms with Crippen LogP contribution in [0, 0.1) is 0 Å². The summed E-state index contributed by atoms with van der Waals surface area (Å²) in [5.74, 6) is -0.120. The van der Waals surface area contributed by atoms with E-state index in [1.807, 2.05) is 31.2 Å². The fraction of sp³-hybridized carbons (Fsp3) is 0.143. The molecular weight excluding hydrogens is 258 g/mol. The quantitative estimate of drug-likeness (QED) is 0.753. The molecule has 3 aromatic rings. The standard InChI is InChI=1S/C14H13N3OS/c1-2-16-14(18)13-11(15)9-7-17-10-6-4-3-5-8(10)12(9)19-13/h3-7H,2,15H2,1H3,(H,16,18). The molecule has 0 atom stereocenters. The molecule has 0 spiro atoms. The number of aromatic nitrogens is 1. The van der Waals surface area contributed by atoms with E-state index in [1.165, 1.54) is 11.3 Å². The molecule has 0 saturated heterocycles. The Hall–Kier alpha value is -2.14. The fourth-order valence-electron chi connectivity index (χ4n) is 2.11. The Morgan fingerprint density at radius 3 is 2.95 bits per heavy atom. The summed E-state index contributed by atoms with van der Waals surface area (Å²) < 4.78 is 1.02. The highest BCUT2D eigenvalue weighted by molar-refractivity contribution is 7.22. The molecule has 1 aromatic carbocycles. The highest BCUT2D eigenvalue weighted by Gasteiger charge is 2.17. The minimum Gasteiger partial charge on any atom is -0.397 e. The smallest absolute Gasteiger partial charge is 0.263 e. The van der Waals surface area contributed by atoms with Crippen molar-refractivity contribution in [2.75, 3.05) is 12.3 Å². The van der Waals surface area contributed by atoms with Crippen LogP contribution in [0.5, 0.6) is 0 Å². The summed E-state index contributed by atoms with van der Waals surface area (Å²) in [6.07, 6.45) is 1.74. The number of rotatable bonds is 2. The largest absolute Gasteiger partial charge is 0.397 e. The number of carbonyl (C=O) groups is 1. The molecule has 5 heteroatoms. The Bertz CT molecular complexity index is 779. The number of benzene rings is 1. The van der Waals surface area contributed by atoms with Crippen molar-refractivity contribution in [3.8, 4) is 0 Å². The molecular formula is C14H13N3OS. The lowest BCUT2D eigenvalue weighted by Gasteiger charge is -1.99. The van der Waals surface area contributed by atoms with Crippen LogP contribution in [-0.2, 0) is 0 Å². The lowest BCUT2D eigenvalue weighted by Crippen LogP contribution is -2.22. The summed E-state index contributed by atoms with van der Waals surface area (Å²) >= 11 is 1.42. The van der Waals surface area contributed by atoms with Gasteiger partial charge >= 0.3 is 0 Å². The number of nitrogen functional groups attached to an aromatic ring is 1. The van der Waals surface area contributed by atoms with Gasteiger partial charge in [-0.25, -0.2) is 0 Å². The molecule has 0 aliphatic heterocycles.